The highest BCUT2D eigenvalue weighted by molar-refractivity contribution is 5.39. The molecule has 0 saturated heterocycles. The highest BCUT2D eigenvalue weighted by Crippen LogP contribution is 2.25. The Hall–Kier alpha value is -1.50. The summed E-state index contributed by atoms with van der Waals surface area (Å²) in [6, 6.07) is 12.8. The van der Waals surface area contributed by atoms with Gasteiger partial charge in [-0.15, -0.1) is 0 Å². The van der Waals surface area contributed by atoms with Crippen molar-refractivity contribution in [3.63, 3.8) is 0 Å². The number of nitrogens with zero attached hydrogens (tertiary/aromatic N) is 1. The summed E-state index contributed by atoms with van der Waals surface area (Å²) in [4.78, 5) is 0. The van der Waals surface area contributed by atoms with Crippen molar-refractivity contribution in [2.75, 3.05) is 0 Å². The lowest BCUT2D eigenvalue weighted by Gasteiger charge is -2.06. The standard InChI is InChI=1S/C13H13N/c1-2-6-12(7-3-1)14-10-9-11-5-4-8-13(11)14/h1-3,6-7,9-10H,4-5,8H2. The molecular formula is C13H13N. The monoisotopic (exact) mass is 183 g/mol. The van der Waals surface area contributed by atoms with Gasteiger partial charge in [0.15, 0.2) is 0 Å². The third-order valence-electron chi connectivity index (χ3n) is 2.98. The number of aryl methyl sites for hydroxylation is 1. The topological polar surface area (TPSA) is 4.93 Å². The summed E-state index contributed by atoms with van der Waals surface area (Å²) in [6.45, 7) is 0. The lowest BCUT2D eigenvalue weighted by Crippen LogP contribution is -1.96. The van der Waals surface area contributed by atoms with Crippen LogP contribution in [-0.4, -0.2) is 4.57 Å². The Labute approximate surface area is 84.0 Å². The Kier molecular flexibility index (Phi) is 1.69. The Balaban J connectivity index is 2.13. The van der Waals surface area contributed by atoms with Crippen LogP contribution in [0.4, 0.5) is 0 Å². The van der Waals surface area contributed by atoms with Crippen molar-refractivity contribution >= 4 is 0 Å². The van der Waals surface area contributed by atoms with Crippen molar-refractivity contribution in [3.05, 3.63) is 53.9 Å². The zero-order chi connectivity index (χ0) is 9.38. The van der Waals surface area contributed by atoms with E-state index < -0.39 is 0 Å². The molecule has 0 fully saturated rings. The molecule has 1 nitrogen and oxygen atoms in total. The van der Waals surface area contributed by atoms with Gasteiger partial charge in [0.2, 0.25) is 0 Å². The number of hydrogen-bond donors (Lipinski definition) is 0. The second-order valence-corrected chi connectivity index (χ2v) is 3.85. The van der Waals surface area contributed by atoms with E-state index in [9.17, 15) is 0 Å². The number of aromatic nitrogens is 1. The van der Waals surface area contributed by atoms with Crippen LogP contribution >= 0.6 is 0 Å². The van der Waals surface area contributed by atoms with Crippen LogP contribution in [0, 0.1) is 0 Å². The molecule has 0 N–H and O–H groups in total. The normalized spacial score (nSPS) is 14.3. The summed E-state index contributed by atoms with van der Waals surface area (Å²) in [7, 11) is 0. The number of rotatable bonds is 1. The zero-order valence-electron chi connectivity index (χ0n) is 8.11. The summed E-state index contributed by atoms with van der Waals surface area (Å²) in [5.41, 5.74) is 4.33. The van der Waals surface area contributed by atoms with Gasteiger partial charge >= 0.3 is 0 Å². The van der Waals surface area contributed by atoms with Gasteiger partial charge in [0.1, 0.15) is 0 Å². The third kappa shape index (κ3) is 1.09. The highest BCUT2D eigenvalue weighted by atomic mass is 15.0. The fourth-order valence-corrected chi connectivity index (χ4v) is 2.29. The van der Waals surface area contributed by atoms with E-state index in [1.807, 2.05) is 0 Å². The van der Waals surface area contributed by atoms with Crippen LogP contribution in [0.5, 0.6) is 0 Å². The minimum atomic E-state index is 1.23. The van der Waals surface area contributed by atoms with Gasteiger partial charge in [-0.1, -0.05) is 18.2 Å². The molecule has 1 aliphatic rings. The lowest BCUT2D eigenvalue weighted by molar-refractivity contribution is 0.861. The molecule has 1 heterocycles. The van der Waals surface area contributed by atoms with Crippen molar-refractivity contribution in [2.45, 2.75) is 19.3 Å². The molecule has 0 radical (unpaired) electrons. The summed E-state index contributed by atoms with van der Waals surface area (Å²) >= 11 is 0. The van der Waals surface area contributed by atoms with Gasteiger partial charge in [-0.25, -0.2) is 0 Å². The fourth-order valence-electron chi connectivity index (χ4n) is 2.29. The molecule has 0 aliphatic heterocycles. The van der Waals surface area contributed by atoms with Crippen molar-refractivity contribution in [3.8, 4) is 5.69 Å². The van der Waals surface area contributed by atoms with E-state index in [-0.39, 0.29) is 0 Å². The van der Waals surface area contributed by atoms with Crippen molar-refractivity contribution in [2.24, 2.45) is 0 Å². The first-order chi connectivity index (χ1) is 6.95. The highest BCUT2D eigenvalue weighted by Gasteiger charge is 2.15. The summed E-state index contributed by atoms with van der Waals surface area (Å²) in [6.07, 6.45) is 6.00. The minimum Gasteiger partial charge on any atom is -0.321 e. The minimum absolute atomic E-state index is 1.23. The molecule has 0 atom stereocenters. The Morgan fingerprint density at radius 1 is 0.929 bits per heavy atom. The van der Waals surface area contributed by atoms with Gasteiger partial charge in [0.25, 0.3) is 0 Å². The Bertz CT molecular complexity index is 440. The third-order valence-corrected chi connectivity index (χ3v) is 2.98. The first-order valence-corrected chi connectivity index (χ1v) is 5.20. The van der Waals surface area contributed by atoms with Crippen LogP contribution in [-0.2, 0) is 12.8 Å². The van der Waals surface area contributed by atoms with Gasteiger partial charge < -0.3 is 4.57 Å². The van der Waals surface area contributed by atoms with E-state index in [4.69, 9.17) is 0 Å². The first-order valence-electron chi connectivity index (χ1n) is 5.20. The van der Waals surface area contributed by atoms with Gasteiger partial charge in [0, 0.05) is 17.6 Å². The molecule has 0 saturated carbocycles. The van der Waals surface area contributed by atoms with Crippen LogP contribution < -0.4 is 0 Å². The van der Waals surface area contributed by atoms with Gasteiger partial charge in [-0.2, -0.15) is 0 Å². The number of para-hydroxylation sites is 1. The molecule has 14 heavy (non-hydrogen) atoms. The predicted molar refractivity (Wildman–Crippen MR) is 57.8 cm³/mol. The largest absolute Gasteiger partial charge is 0.321 e. The van der Waals surface area contributed by atoms with Gasteiger partial charge in [-0.3, -0.25) is 0 Å². The Morgan fingerprint density at radius 2 is 1.79 bits per heavy atom. The summed E-state index contributed by atoms with van der Waals surface area (Å²) in [5, 5.41) is 0. The SMILES string of the molecule is c1ccc(-n2ccc3c2CCC3)cc1. The summed E-state index contributed by atoms with van der Waals surface area (Å²) in [5.74, 6) is 0. The molecular weight excluding hydrogens is 170 g/mol. The van der Waals surface area contributed by atoms with Gasteiger partial charge in [0.05, 0.1) is 0 Å². The van der Waals surface area contributed by atoms with Crippen LogP contribution in [0.1, 0.15) is 17.7 Å². The molecule has 0 bridgehead atoms. The fraction of sp³-hybridized carbons (Fsp3) is 0.231. The molecule has 0 unspecified atom stereocenters. The maximum atomic E-state index is 2.32. The average Bonchev–Trinajstić information content (AvgIpc) is 2.79. The smallest absolute Gasteiger partial charge is 0.0452 e. The second-order valence-electron chi connectivity index (χ2n) is 3.85. The van der Waals surface area contributed by atoms with Crippen molar-refractivity contribution in [1.82, 2.24) is 4.57 Å². The molecule has 0 amide bonds. The first kappa shape index (κ1) is 7.86. The maximum Gasteiger partial charge on any atom is 0.0452 e. The van der Waals surface area contributed by atoms with Crippen LogP contribution in [0.15, 0.2) is 42.6 Å². The quantitative estimate of drug-likeness (QED) is 0.640. The molecule has 3 rings (SSSR count). The molecule has 0 spiro atoms. The average molecular weight is 183 g/mol. The number of benzene rings is 1. The van der Waals surface area contributed by atoms with E-state index in [0.717, 1.165) is 0 Å². The van der Waals surface area contributed by atoms with Crippen LogP contribution in [0.3, 0.4) is 0 Å². The van der Waals surface area contributed by atoms with Crippen LogP contribution in [0.2, 0.25) is 0 Å². The van der Waals surface area contributed by atoms with E-state index in [2.05, 4.69) is 47.2 Å². The van der Waals surface area contributed by atoms with Crippen LogP contribution in [0.25, 0.3) is 5.69 Å². The molecule has 1 aliphatic carbocycles. The van der Waals surface area contributed by atoms with E-state index >= 15 is 0 Å². The lowest BCUT2D eigenvalue weighted by atomic mass is 10.3. The zero-order valence-corrected chi connectivity index (χ0v) is 8.11. The van der Waals surface area contributed by atoms with Crippen molar-refractivity contribution in [1.29, 1.82) is 0 Å². The number of hydrogen-bond acceptors (Lipinski definition) is 0. The second kappa shape index (κ2) is 3.02. The Morgan fingerprint density at radius 3 is 2.64 bits per heavy atom. The van der Waals surface area contributed by atoms with Gasteiger partial charge in [-0.05, 0) is 43.0 Å². The molecule has 70 valence electrons. The molecule has 1 heteroatoms. The molecule has 1 aromatic heterocycles. The van der Waals surface area contributed by atoms with E-state index in [0.29, 0.717) is 0 Å². The summed E-state index contributed by atoms with van der Waals surface area (Å²) < 4.78 is 2.32. The molecule has 2 aromatic rings. The van der Waals surface area contributed by atoms with Crippen molar-refractivity contribution < 1.29 is 0 Å². The van der Waals surface area contributed by atoms with E-state index in [1.54, 1.807) is 0 Å². The number of fused-ring (bicyclic) bond motifs is 1. The van der Waals surface area contributed by atoms with E-state index in [1.165, 1.54) is 36.2 Å². The molecule has 1 aromatic carbocycles. The predicted octanol–water partition coefficient (Wildman–Crippen LogP) is 2.97. The maximum absolute atomic E-state index is 2.32.